The third kappa shape index (κ3) is 3.93. The molecule has 106 valence electrons. The van der Waals surface area contributed by atoms with Crippen molar-refractivity contribution in [3.05, 3.63) is 23.9 Å². The lowest BCUT2D eigenvalue weighted by molar-refractivity contribution is 0.253. The normalized spacial score (nSPS) is 17.2. The second-order valence-corrected chi connectivity index (χ2v) is 5.79. The monoisotopic (exact) mass is 261 g/mol. The predicted molar refractivity (Wildman–Crippen MR) is 81.9 cm³/mol. The second-order valence-electron chi connectivity index (χ2n) is 5.79. The molecule has 2 rings (SSSR count). The Balaban J connectivity index is 1.87. The second kappa shape index (κ2) is 6.90. The minimum absolute atomic E-state index is 0.562. The molecule has 1 saturated heterocycles. The lowest BCUT2D eigenvalue weighted by atomic mass is 10.1. The summed E-state index contributed by atoms with van der Waals surface area (Å²) in [5.74, 6) is 1.70. The van der Waals surface area contributed by atoms with Crippen LogP contribution in [0.2, 0.25) is 0 Å². The molecule has 0 saturated carbocycles. The maximum absolute atomic E-state index is 4.62. The number of unbranched alkanes of at least 4 members (excludes halogenated alkanes) is 1. The van der Waals surface area contributed by atoms with Gasteiger partial charge in [-0.3, -0.25) is 4.90 Å². The van der Waals surface area contributed by atoms with Crippen LogP contribution in [0.15, 0.2) is 18.3 Å². The first-order chi connectivity index (χ1) is 9.20. The summed E-state index contributed by atoms with van der Waals surface area (Å²) in [6.07, 6.45) is 4.64. The molecule has 3 nitrogen and oxygen atoms in total. The van der Waals surface area contributed by atoms with Gasteiger partial charge in [0, 0.05) is 32.4 Å². The lowest BCUT2D eigenvalue weighted by Gasteiger charge is -2.35. The summed E-state index contributed by atoms with van der Waals surface area (Å²) in [7, 11) is 0. The van der Waals surface area contributed by atoms with Gasteiger partial charge >= 0.3 is 0 Å². The molecule has 0 bridgehead atoms. The smallest absolute Gasteiger partial charge is 0.128 e. The van der Waals surface area contributed by atoms with Crippen molar-refractivity contribution in [2.75, 3.05) is 37.6 Å². The summed E-state index contributed by atoms with van der Waals surface area (Å²) >= 11 is 0. The molecule has 1 aliphatic rings. The van der Waals surface area contributed by atoms with Crippen LogP contribution in [0.5, 0.6) is 0 Å². The molecule has 0 aliphatic carbocycles. The number of aromatic nitrogens is 1. The van der Waals surface area contributed by atoms with Gasteiger partial charge in [-0.25, -0.2) is 4.98 Å². The number of pyridine rings is 1. The summed E-state index contributed by atoms with van der Waals surface area (Å²) in [6, 6.07) is 4.40. The quantitative estimate of drug-likeness (QED) is 0.812. The molecule has 1 aromatic rings. The van der Waals surface area contributed by atoms with E-state index in [-0.39, 0.29) is 0 Å². The minimum Gasteiger partial charge on any atom is -0.354 e. The van der Waals surface area contributed by atoms with E-state index < -0.39 is 0 Å². The summed E-state index contributed by atoms with van der Waals surface area (Å²) < 4.78 is 0. The highest BCUT2D eigenvalue weighted by atomic mass is 15.3. The first-order valence-corrected chi connectivity index (χ1v) is 7.64. The largest absolute Gasteiger partial charge is 0.354 e. The minimum atomic E-state index is 0.562. The Kier molecular flexibility index (Phi) is 5.20. The molecule has 0 spiro atoms. The molecule has 2 heterocycles. The standard InChI is InChI=1S/C16H27N3/c1-4-5-8-18-9-11-19(12-10-18)16-7-6-15(13-17-16)14(2)3/h6-7,13-14H,4-5,8-12H2,1-3H3. The Hall–Kier alpha value is -1.09. The van der Waals surface area contributed by atoms with Crippen LogP contribution in [0.1, 0.15) is 45.1 Å². The van der Waals surface area contributed by atoms with E-state index in [9.17, 15) is 0 Å². The van der Waals surface area contributed by atoms with Gasteiger partial charge < -0.3 is 4.90 Å². The van der Waals surface area contributed by atoms with Crippen LogP contribution in [0.4, 0.5) is 5.82 Å². The third-order valence-electron chi connectivity index (χ3n) is 3.96. The van der Waals surface area contributed by atoms with E-state index in [4.69, 9.17) is 0 Å². The molecule has 1 aromatic heterocycles. The van der Waals surface area contributed by atoms with Gasteiger partial charge in [-0.15, -0.1) is 0 Å². The van der Waals surface area contributed by atoms with Crippen LogP contribution >= 0.6 is 0 Å². The lowest BCUT2D eigenvalue weighted by Crippen LogP contribution is -2.46. The van der Waals surface area contributed by atoms with Gasteiger partial charge in [0.25, 0.3) is 0 Å². The van der Waals surface area contributed by atoms with Gasteiger partial charge in [0.05, 0.1) is 0 Å². The fourth-order valence-corrected chi connectivity index (χ4v) is 2.51. The molecule has 0 atom stereocenters. The van der Waals surface area contributed by atoms with Gasteiger partial charge in [-0.2, -0.15) is 0 Å². The van der Waals surface area contributed by atoms with Crippen LogP contribution in [-0.4, -0.2) is 42.6 Å². The highest BCUT2D eigenvalue weighted by Gasteiger charge is 2.17. The molecule has 3 heteroatoms. The zero-order chi connectivity index (χ0) is 13.7. The molecule has 0 amide bonds. The number of nitrogens with zero attached hydrogens (tertiary/aromatic N) is 3. The van der Waals surface area contributed by atoms with Crippen molar-refractivity contribution in [2.24, 2.45) is 0 Å². The van der Waals surface area contributed by atoms with Crippen molar-refractivity contribution in [2.45, 2.75) is 39.5 Å². The summed E-state index contributed by atoms with van der Waals surface area (Å²) in [6.45, 7) is 12.5. The summed E-state index contributed by atoms with van der Waals surface area (Å²) in [5, 5.41) is 0. The van der Waals surface area contributed by atoms with E-state index in [1.54, 1.807) is 0 Å². The van der Waals surface area contributed by atoms with Crippen LogP contribution in [-0.2, 0) is 0 Å². The zero-order valence-corrected chi connectivity index (χ0v) is 12.6. The highest BCUT2D eigenvalue weighted by molar-refractivity contribution is 5.40. The number of hydrogen-bond acceptors (Lipinski definition) is 3. The van der Waals surface area contributed by atoms with Crippen LogP contribution in [0.3, 0.4) is 0 Å². The van der Waals surface area contributed by atoms with Crippen molar-refractivity contribution >= 4 is 5.82 Å². The fourth-order valence-electron chi connectivity index (χ4n) is 2.51. The third-order valence-corrected chi connectivity index (χ3v) is 3.96. The van der Waals surface area contributed by atoms with E-state index in [2.05, 4.69) is 47.7 Å². The number of piperazine rings is 1. The Bertz CT molecular complexity index is 364. The maximum Gasteiger partial charge on any atom is 0.128 e. The Morgan fingerprint density at radius 2 is 1.89 bits per heavy atom. The summed E-state index contributed by atoms with van der Waals surface area (Å²) in [5.41, 5.74) is 1.32. The molecule has 19 heavy (non-hydrogen) atoms. The molecule has 1 fully saturated rings. The molecule has 0 aromatic carbocycles. The van der Waals surface area contributed by atoms with E-state index in [0.29, 0.717) is 5.92 Å². The Labute approximate surface area is 117 Å². The Morgan fingerprint density at radius 1 is 1.16 bits per heavy atom. The Morgan fingerprint density at radius 3 is 2.42 bits per heavy atom. The van der Waals surface area contributed by atoms with Gasteiger partial charge in [0.2, 0.25) is 0 Å². The molecule has 0 N–H and O–H groups in total. The highest BCUT2D eigenvalue weighted by Crippen LogP contribution is 2.18. The number of rotatable bonds is 5. The molecule has 0 radical (unpaired) electrons. The van der Waals surface area contributed by atoms with Crippen molar-refractivity contribution in [1.29, 1.82) is 0 Å². The van der Waals surface area contributed by atoms with E-state index in [0.717, 1.165) is 18.9 Å². The average molecular weight is 261 g/mol. The maximum atomic E-state index is 4.62. The average Bonchev–Trinajstić information content (AvgIpc) is 2.46. The van der Waals surface area contributed by atoms with Crippen molar-refractivity contribution in [3.63, 3.8) is 0 Å². The van der Waals surface area contributed by atoms with Crippen LogP contribution < -0.4 is 4.90 Å². The van der Waals surface area contributed by atoms with Crippen molar-refractivity contribution in [1.82, 2.24) is 9.88 Å². The molecule has 1 aliphatic heterocycles. The number of anilines is 1. The predicted octanol–water partition coefficient (Wildman–Crippen LogP) is 3.13. The number of hydrogen-bond donors (Lipinski definition) is 0. The first kappa shape index (κ1) is 14.3. The van der Waals surface area contributed by atoms with Crippen LogP contribution in [0, 0.1) is 0 Å². The first-order valence-electron chi connectivity index (χ1n) is 7.64. The van der Waals surface area contributed by atoms with E-state index in [1.165, 1.54) is 38.0 Å². The molecular formula is C16H27N3. The van der Waals surface area contributed by atoms with Gasteiger partial charge in [0.15, 0.2) is 0 Å². The molecule has 0 unspecified atom stereocenters. The zero-order valence-electron chi connectivity index (χ0n) is 12.6. The fraction of sp³-hybridized carbons (Fsp3) is 0.688. The van der Waals surface area contributed by atoms with Crippen molar-refractivity contribution in [3.8, 4) is 0 Å². The van der Waals surface area contributed by atoms with E-state index in [1.807, 2.05) is 6.20 Å². The van der Waals surface area contributed by atoms with Crippen LogP contribution in [0.25, 0.3) is 0 Å². The SMILES string of the molecule is CCCCN1CCN(c2ccc(C(C)C)cn2)CC1. The van der Waals surface area contributed by atoms with Gasteiger partial charge in [0.1, 0.15) is 5.82 Å². The summed E-state index contributed by atoms with van der Waals surface area (Å²) in [4.78, 5) is 9.60. The van der Waals surface area contributed by atoms with Gasteiger partial charge in [-0.1, -0.05) is 33.3 Å². The topological polar surface area (TPSA) is 19.4 Å². The van der Waals surface area contributed by atoms with Gasteiger partial charge in [-0.05, 0) is 30.5 Å². The molecular weight excluding hydrogens is 234 g/mol. The van der Waals surface area contributed by atoms with Crippen molar-refractivity contribution < 1.29 is 0 Å². The van der Waals surface area contributed by atoms with E-state index >= 15 is 0 Å².